The van der Waals surface area contributed by atoms with Gasteiger partial charge in [0.25, 0.3) is 0 Å². The van der Waals surface area contributed by atoms with Crippen molar-refractivity contribution in [2.75, 3.05) is 18.4 Å². The van der Waals surface area contributed by atoms with Crippen molar-refractivity contribution in [3.05, 3.63) is 29.8 Å². The molecular weight excluding hydrogens is 262 g/mol. The van der Waals surface area contributed by atoms with Crippen LogP contribution in [0.1, 0.15) is 31.2 Å². The molecule has 112 valence electrons. The Morgan fingerprint density at radius 1 is 1.14 bits per heavy atom. The number of nitrogens with one attached hydrogen (secondary N) is 2. The number of carbonyl (C=O) groups is 1. The number of para-hydroxylation sites is 1. The summed E-state index contributed by atoms with van der Waals surface area (Å²) in [5.41, 5.74) is 2.36. The largest absolute Gasteiger partial charge is 0.373 e. The fourth-order valence-electron chi connectivity index (χ4n) is 3.61. The van der Waals surface area contributed by atoms with Crippen molar-refractivity contribution in [2.24, 2.45) is 0 Å². The van der Waals surface area contributed by atoms with Gasteiger partial charge in [-0.15, -0.1) is 0 Å². The zero-order valence-electron chi connectivity index (χ0n) is 12.3. The molecule has 4 heteroatoms. The lowest BCUT2D eigenvalue weighted by molar-refractivity contribution is -0.122. The van der Waals surface area contributed by atoms with Crippen LogP contribution in [0.4, 0.5) is 5.69 Å². The average Bonchev–Trinajstić information content (AvgIpc) is 3.26. The fraction of sp³-hybridized carbons (Fsp3) is 0.588. The number of likely N-dealkylation sites (tertiary alicyclic amines) is 1. The summed E-state index contributed by atoms with van der Waals surface area (Å²) in [4.78, 5) is 15.0. The Bertz CT molecular complexity index is 508. The van der Waals surface area contributed by atoms with Crippen molar-refractivity contribution in [2.45, 2.75) is 50.2 Å². The van der Waals surface area contributed by atoms with Crippen molar-refractivity contribution in [1.29, 1.82) is 0 Å². The first kappa shape index (κ1) is 13.1. The van der Waals surface area contributed by atoms with E-state index in [0.29, 0.717) is 6.04 Å². The molecule has 0 unspecified atom stereocenters. The van der Waals surface area contributed by atoms with Crippen molar-refractivity contribution in [3.8, 4) is 0 Å². The van der Waals surface area contributed by atoms with Crippen molar-refractivity contribution in [3.63, 3.8) is 0 Å². The molecule has 4 nitrogen and oxygen atoms in total. The van der Waals surface area contributed by atoms with Crippen molar-refractivity contribution >= 4 is 11.6 Å². The predicted octanol–water partition coefficient (Wildman–Crippen LogP) is 1.77. The molecule has 0 radical (unpaired) electrons. The number of amides is 1. The monoisotopic (exact) mass is 285 g/mol. The highest BCUT2D eigenvalue weighted by Crippen LogP contribution is 2.29. The van der Waals surface area contributed by atoms with E-state index in [1.165, 1.54) is 18.4 Å². The van der Waals surface area contributed by atoms with E-state index in [1.54, 1.807) is 0 Å². The molecule has 1 aromatic carbocycles. The lowest BCUT2D eigenvalue weighted by Gasteiger charge is -2.32. The molecule has 21 heavy (non-hydrogen) atoms. The predicted molar refractivity (Wildman–Crippen MR) is 83.3 cm³/mol. The Morgan fingerprint density at radius 2 is 1.90 bits per heavy atom. The molecule has 1 atom stereocenters. The third kappa shape index (κ3) is 2.77. The molecular formula is C17H23N3O. The average molecular weight is 285 g/mol. The van der Waals surface area contributed by atoms with Crippen LogP contribution in [0.3, 0.4) is 0 Å². The molecule has 2 heterocycles. The maximum absolute atomic E-state index is 12.4. The number of fused-ring (bicyclic) bond motifs is 1. The van der Waals surface area contributed by atoms with Gasteiger partial charge in [0.05, 0.1) is 0 Å². The summed E-state index contributed by atoms with van der Waals surface area (Å²) in [5.74, 6) is 0.163. The highest BCUT2D eigenvalue weighted by molar-refractivity contribution is 5.87. The van der Waals surface area contributed by atoms with E-state index in [2.05, 4.69) is 27.7 Å². The number of benzene rings is 1. The zero-order chi connectivity index (χ0) is 14.2. The third-order valence-electron chi connectivity index (χ3n) is 5.03. The Morgan fingerprint density at radius 3 is 2.62 bits per heavy atom. The first-order valence-corrected chi connectivity index (χ1v) is 8.18. The van der Waals surface area contributed by atoms with Crippen LogP contribution in [0.15, 0.2) is 24.3 Å². The van der Waals surface area contributed by atoms with E-state index in [0.717, 1.165) is 44.1 Å². The van der Waals surface area contributed by atoms with E-state index < -0.39 is 0 Å². The summed E-state index contributed by atoms with van der Waals surface area (Å²) >= 11 is 0. The summed E-state index contributed by atoms with van der Waals surface area (Å²) in [5, 5.41) is 6.59. The Hall–Kier alpha value is -1.55. The van der Waals surface area contributed by atoms with E-state index in [-0.39, 0.29) is 11.9 Å². The topological polar surface area (TPSA) is 44.4 Å². The van der Waals surface area contributed by atoms with Gasteiger partial charge in [-0.3, -0.25) is 4.79 Å². The van der Waals surface area contributed by atoms with E-state index >= 15 is 0 Å². The van der Waals surface area contributed by atoms with Crippen LogP contribution in [0, 0.1) is 0 Å². The van der Waals surface area contributed by atoms with Gasteiger partial charge in [-0.2, -0.15) is 0 Å². The van der Waals surface area contributed by atoms with Crippen LogP contribution in [0.5, 0.6) is 0 Å². The molecule has 2 fully saturated rings. The smallest absolute Gasteiger partial charge is 0.243 e. The molecule has 2 N–H and O–H groups in total. The molecule has 1 saturated heterocycles. The van der Waals surface area contributed by atoms with Gasteiger partial charge in [-0.25, -0.2) is 0 Å². The van der Waals surface area contributed by atoms with Crippen molar-refractivity contribution in [1.82, 2.24) is 10.2 Å². The summed E-state index contributed by atoms with van der Waals surface area (Å²) in [6.07, 6.45) is 5.76. The van der Waals surface area contributed by atoms with Gasteiger partial charge in [0, 0.05) is 37.3 Å². The van der Waals surface area contributed by atoms with Gasteiger partial charge < -0.3 is 15.5 Å². The Kier molecular flexibility index (Phi) is 3.34. The summed E-state index contributed by atoms with van der Waals surface area (Å²) in [6, 6.07) is 9.32. The minimum absolute atomic E-state index is 0.0936. The van der Waals surface area contributed by atoms with Crippen LogP contribution in [0.2, 0.25) is 0 Å². The van der Waals surface area contributed by atoms with Gasteiger partial charge in [-0.05, 0) is 37.3 Å². The number of piperidine rings is 1. The lowest BCUT2D eigenvalue weighted by atomic mass is 10.0. The standard InChI is InChI=1S/C17H23N3O/c21-17(16-11-12-3-1-2-4-15(12)19-16)18-13-7-9-20(10-8-13)14-5-6-14/h1-4,13-14,16,19H,5-11H2,(H,18,21)/t16-/m0/s1. The molecule has 1 amide bonds. The number of hydrogen-bond acceptors (Lipinski definition) is 3. The number of anilines is 1. The molecule has 2 aliphatic heterocycles. The first-order chi connectivity index (χ1) is 10.3. The summed E-state index contributed by atoms with van der Waals surface area (Å²) in [7, 11) is 0. The summed E-state index contributed by atoms with van der Waals surface area (Å²) in [6.45, 7) is 2.29. The summed E-state index contributed by atoms with van der Waals surface area (Å²) < 4.78 is 0. The highest BCUT2D eigenvalue weighted by Gasteiger charge is 2.33. The molecule has 3 aliphatic rings. The number of rotatable bonds is 3. The minimum atomic E-state index is -0.0936. The molecule has 0 spiro atoms. The Labute approximate surface area is 125 Å². The number of carbonyl (C=O) groups excluding carboxylic acids is 1. The van der Waals surface area contributed by atoms with Crippen LogP contribution >= 0.6 is 0 Å². The van der Waals surface area contributed by atoms with Gasteiger partial charge in [-0.1, -0.05) is 18.2 Å². The van der Waals surface area contributed by atoms with Crippen LogP contribution in [-0.2, 0) is 11.2 Å². The second kappa shape index (κ2) is 5.34. The van der Waals surface area contributed by atoms with Crippen LogP contribution in [0.25, 0.3) is 0 Å². The Balaban J connectivity index is 1.29. The minimum Gasteiger partial charge on any atom is -0.373 e. The van der Waals surface area contributed by atoms with Gasteiger partial charge >= 0.3 is 0 Å². The maximum atomic E-state index is 12.4. The molecule has 4 rings (SSSR count). The third-order valence-corrected chi connectivity index (χ3v) is 5.03. The normalized spacial score (nSPS) is 26.2. The SMILES string of the molecule is O=C(NC1CCN(C2CC2)CC1)[C@@H]1Cc2ccccc2N1. The van der Waals surface area contributed by atoms with E-state index in [1.807, 2.05) is 12.1 Å². The van der Waals surface area contributed by atoms with Crippen LogP contribution < -0.4 is 10.6 Å². The highest BCUT2D eigenvalue weighted by atomic mass is 16.2. The zero-order valence-corrected chi connectivity index (χ0v) is 12.3. The van der Waals surface area contributed by atoms with E-state index in [9.17, 15) is 4.79 Å². The van der Waals surface area contributed by atoms with Gasteiger partial charge in [0.15, 0.2) is 0 Å². The first-order valence-electron chi connectivity index (χ1n) is 8.18. The number of nitrogens with zero attached hydrogens (tertiary/aromatic N) is 1. The molecule has 1 saturated carbocycles. The molecule has 0 aromatic heterocycles. The van der Waals surface area contributed by atoms with Crippen LogP contribution in [-0.4, -0.2) is 42.0 Å². The quantitative estimate of drug-likeness (QED) is 0.889. The second-order valence-electron chi connectivity index (χ2n) is 6.61. The number of hydrogen-bond donors (Lipinski definition) is 2. The second-order valence-corrected chi connectivity index (χ2v) is 6.61. The van der Waals surface area contributed by atoms with Crippen molar-refractivity contribution < 1.29 is 4.79 Å². The van der Waals surface area contributed by atoms with Gasteiger partial charge in [0.1, 0.15) is 6.04 Å². The fourth-order valence-corrected chi connectivity index (χ4v) is 3.61. The van der Waals surface area contributed by atoms with Gasteiger partial charge in [0.2, 0.25) is 5.91 Å². The molecule has 1 aromatic rings. The lowest BCUT2D eigenvalue weighted by Crippen LogP contribution is -2.49. The van der Waals surface area contributed by atoms with E-state index in [4.69, 9.17) is 0 Å². The molecule has 0 bridgehead atoms. The maximum Gasteiger partial charge on any atom is 0.243 e. The molecule has 1 aliphatic carbocycles.